The first kappa shape index (κ1) is 10.4. The zero-order chi connectivity index (χ0) is 10.8. The molecular formula is C10H9ClN2OS. The molecule has 2 aromatic heterocycles. The van der Waals surface area contributed by atoms with Gasteiger partial charge >= 0.3 is 0 Å². The lowest BCUT2D eigenvalue weighted by atomic mass is 10.2. The molecule has 2 aromatic rings. The van der Waals surface area contributed by atoms with Gasteiger partial charge in [0.1, 0.15) is 5.69 Å². The Bertz CT molecular complexity index is 477. The topological polar surface area (TPSA) is 34.9 Å². The molecule has 0 fully saturated rings. The van der Waals surface area contributed by atoms with Crippen LogP contribution in [0.15, 0.2) is 24.7 Å². The molecule has 78 valence electrons. The van der Waals surface area contributed by atoms with E-state index in [2.05, 4.69) is 4.98 Å². The molecule has 0 saturated carbocycles. The van der Waals surface area contributed by atoms with Gasteiger partial charge in [0.25, 0.3) is 0 Å². The van der Waals surface area contributed by atoms with E-state index in [9.17, 15) is 4.79 Å². The molecule has 1 unspecified atom stereocenters. The van der Waals surface area contributed by atoms with E-state index in [-0.39, 0.29) is 6.04 Å². The molecule has 15 heavy (non-hydrogen) atoms. The number of hydrogen-bond acceptors (Lipinski definition) is 3. The van der Waals surface area contributed by atoms with Gasteiger partial charge in [-0.15, -0.1) is 11.3 Å². The van der Waals surface area contributed by atoms with Crippen LogP contribution in [0.3, 0.4) is 0 Å². The second-order valence-corrected chi connectivity index (χ2v) is 4.91. The van der Waals surface area contributed by atoms with Crippen molar-refractivity contribution < 1.29 is 4.79 Å². The lowest BCUT2D eigenvalue weighted by Crippen LogP contribution is -2.06. The molecule has 0 aliphatic rings. The standard InChI is InChI=1S/C10H9ClN2OS/c1-7(9-2-3-10(11)15-9)13-6-12-4-8(13)5-14/h2-7H,1H3. The van der Waals surface area contributed by atoms with Crippen LogP contribution >= 0.6 is 22.9 Å². The van der Waals surface area contributed by atoms with Crippen LogP contribution < -0.4 is 0 Å². The number of imidazole rings is 1. The fourth-order valence-corrected chi connectivity index (χ4v) is 2.53. The van der Waals surface area contributed by atoms with Crippen LogP contribution in [0, 0.1) is 0 Å². The van der Waals surface area contributed by atoms with E-state index in [0.29, 0.717) is 5.69 Å². The minimum absolute atomic E-state index is 0.0881. The van der Waals surface area contributed by atoms with Crippen LogP contribution in [-0.2, 0) is 0 Å². The maximum atomic E-state index is 10.7. The summed E-state index contributed by atoms with van der Waals surface area (Å²) in [5.41, 5.74) is 0.576. The van der Waals surface area contributed by atoms with Crippen LogP contribution in [0.2, 0.25) is 4.34 Å². The van der Waals surface area contributed by atoms with Crippen molar-refractivity contribution in [1.29, 1.82) is 0 Å². The average Bonchev–Trinajstić information content (AvgIpc) is 2.84. The van der Waals surface area contributed by atoms with Crippen LogP contribution in [0.5, 0.6) is 0 Å². The van der Waals surface area contributed by atoms with Crippen molar-refractivity contribution in [2.75, 3.05) is 0 Å². The van der Waals surface area contributed by atoms with Gasteiger partial charge in [-0.1, -0.05) is 11.6 Å². The molecule has 2 rings (SSSR count). The van der Waals surface area contributed by atoms with Gasteiger partial charge in [0.15, 0.2) is 6.29 Å². The molecule has 0 radical (unpaired) electrons. The number of thiophene rings is 1. The lowest BCUT2D eigenvalue weighted by molar-refractivity contribution is 0.111. The molecular weight excluding hydrogens is 232 g/mol. The summed E-state index contributed by atoms with van der Waals surface area (Å²) < 4.78 is 2.58. The lowest BCUT2D eigenvalue weighted by Gasteiger charge is -2.12. The van der Waals surface area contributed by atoms with Crippen molar-refractivity contribution in [2.24, 2.45) is 0 Å². The van der Waals surface area contributed by atoms with Gasteiger partial charge in [0.05, 0.1) is 22.9 Å². The molecule has 3 nitrogen and oxygen atoms in total. The minimum Gasteiger partial charge on any atom is -0.320 e. The zero-order valence-electron chi connectivity index (χ0n) is 8.05. The van der Waals surface area contributed by atoms with Gasteiger partial charge in [-0.2, -0.15) is 0 Å². The van der Waals surface area contributed by atoms with Crippen LogP contribution in [0.4, 0.5) is 0 Å². The van der Waals surface area contributed by atoms with Crippen molar-refractivity contribution >= 4 is 29.2 Å². The Kier molecular flexibility index (Phi) is 2.88. The van der Waals surface area contributed by atoms with Crippen molar-refractivity contribution in [3.8, 4) is 0 Å². The Balaban J connectivity index is 2.35. The van der Waals surface area contributed by atoms with Crippen LogP contribution in [0.25, 0.3) is 0 Å². The minimum atomic E-state index is 0.0881. The van der Waals surface area contributed by atoms with Crippen molar-refractivity contribution in [1.82, 2.24) is 9.55 Å². The molecule has 2 heterocycles. The van der Waals surface area contributed by atoms with Gasteiger partial charge in [-0.05, 0) is 19.1 Å². The smallest absolute Gasteiger partial charge is 0.168 e. The third kappa shape index (κ3) is 1.96. The molecule has 0 N–H and O–H groups in total. The van der Waals surface area contributed by atoms with Crippen molar-refractivity contribution in [3.05, 3.63) is 39.6 Å². The second-order valence-electron chi connectivity index (χ2n) is 3.16. The molecule has 0 bridgehead atoms. The maximum Gasteiger partial charge on any atom is 0.168 e. The van der Waals surface area contributed by atoms with E-state index in [4.69, 9.17) is 11.6 Å². The Hall–Kier alpha value is -1.13. The Morgan fingerprint density at radius 1 is 1.60 bits per heavy atom. The number of carbonyl (C=O) groups is 1. The molecule has 0 spiro atoms. The van der Waals surface area contributed by atoms with E-state index in [1.165, 1.54) is 11.3 Å². The first-order chi connectivity index (χ1) is 7.22. The summed E-state index contributed by atoms with van der Waals surface area (Å²) in [6.45, 7) is 2.01. The SMILES string of the molecule is CC(c1ccc(Cl)s1)n1cncc1C=O. The Labute approximate surface area is 96.3 Å². The second kappa shape index (κ2) is 4.16. The highest BCUT2D eigenvalue weighted by atomic mass is 35.5. The first-order valence-corrected chi connectivity index (χ1v) is 5.64. The monoisotopic (exact) mass is 240 g/mol. The third-order valence-electron chi connectivity index (χ3n) is 2.24. The van der Waals surface area contributed by atoms with Gasteiger partial charge in [0, 0.05) is 4.88 Å². The summed E-state index contributed by atoms with van der Waals surface area (Å²) in [5, 5.41) is 0. The number of rotatable bonds is 3. The average molecular weight is 241 g/mol. The first-order valence-electron chi connectivity index (χ1n) is 4.44. The molecule has 0 saturated heterocycles. The van der Waals surface area contributed by atoms with Gasteiger partial charge in [-0.25, -0.2) is 4.98 Å². The largest absolute Gasteiger partial charge is 0.320 e. The van der Waals surface area contributed by atoms with E-state index >= 15 is 0 Å². The van der Waals surface area contributed by atoms with Crippen LogP contribution in [0.1, 0.15) is 28.3 Å². The third-order valence-corrected chi connectivity index (χ3v) is 3.64. The van der Waals surface area contributed by atoms with Crippen molar-refractivity contribution in [3.63, 3.8) is 0 Å². The number of carbonyl (C=O) groups excluding carboxylic acids is 1. The summed E-state index contributed by atoms with van der Waals surface area (Å²) in [4.78, 5) is 15.8. The molecule has 0 aliphatic heterocycles. The molecule has 1 atom stereocenters. The highest BCUT2D eigenvalue weighted by Gasteiger charge is 2.12. The molecule has 5 heteroatoms. The summed E-state index contributed by atoms with van der Waals surface area (Å²) in [6.07, 6.45) is 4.01. The van der Waals surface area contributed by atoms with E-state index in [1.807, 2.05) is 23.6 Å². The van der Waals surface area contributed by atoms with E-state index in [1.54, 1.807) is 12.5 Å². The predicted molar refractivity (Wildman–Crippen MR) is 60.8 cm³/mol. The molecule has 0 aliphatic carbocycles. The molecule has 0 aromatic carbocycles. The van der Waals surface area contributed by atoms with Gasteiger partial charge in [-0.3, -0.25) is 4.79 Å². The summed E-state index contributed by atoms with van der Waals surface area (Å²) in [6, 6.07) is 3.91. The number of aldehydes is 1. The van der Waals surface area contributed by atoms with Crippen molar-refractivity contribution in [2.45, 2.75) is 13.0 Å². The Morgan fingerprint density at radius 2 is 2.40 bits per heavy atom. The highest BCUT2D eigenvalue weighted by Crippen LogP contribution is 2.29. The zero-order valence-corrected chi connectivity index (χ0v) is 9.63. The number of aromatic nitrogens is 2. The molecule has 0 amide bonds. The van der Waals surface area contributed by atoms with E-state index < -0.39 is 0 Å². The van der Waals surface area contributed by atoms with E-state index in [0.717, 1.165) is 15.5 Å². The van der Waals surface area contributed by atoms with Gasteiger partial charge < -0.3 is 4.57 Å². The fourth-order valence-electron chi connectivity index (χ4n) is 1.42. The quantitative estimate of drug-likeness (QED) is 0.773. The highest BCUT2D eigenvalue weighted by molar-refractivity contribution is 7.16. The number of halogens is 1. The predicted octanol–water partition coefficient (Wildman–Crippen LogP) is 3.02. The maximum absolute atomic E-state index is 10.7. The van der Waals surface area contributed by atoms with Gasteiger partial charge in [0.2, 0.25) is 0 Å². The van der Waals surface area contributed by atoms with Crippen LogP contribution in [-0.4, -0.2) is 15.8 Å². The summed E-state index contributed by atoms with van der Waals surface area (Å²) in [7, 11) is 0. The Morgan fingerprint density at radius 3 is 3.00 bits per heavy atom. The fraction of sp³-hybridized carbons (Fsp3) is 0.200. The summed E-state index contributed by atoms with van der Waals surface area (Å²) >= 11 is 7.38. The normalized spacial score (nSPS) is 12.7. The number of hydrogen-bond donors (Lipinski definition) is 0. The number of nitrogens with zero attached hydrogens (tertiary/aromatic N) is 2. The summed E-state index contributed by atoms with van der Waals surface area (Å²) in [5.74, 6) is 0.